The van der Waals surface area contributed by atoms with Crippen molar-refractivity contribution in [1.29, 1.82) is 0 Å². The standard InChI is InChI=1S/C25H21F3N2/c1-2-3-17-14-29-25(30-15-17)20-9-10-21-19(13-20)8-7-18(24(21)28)6-4-16-5-11-22(26)23(27)12-16/h5,7-15H,2-4,6H2,1H3. The molecule has 0 unspecified atom stereocenters. The van der Waals surface area contributed by atoms with E-state index in [-0.39, 0.29) is 5.82 Å². The minimum absolute atomic E-state index is 0.291. The van der Waals surface area contributed by atoms with E-state index in [9.17, 15) is 8.78 Å². The molecule has 0 aliphatic heterocycles. The van der Waals surface area contributed by atoms with E-state index in [1.54, 1.807) is 12.1 Å². The molecule has 0 atom stereocenters. The van der Waals surface area contributed by atoms with E-state index < -0.39 is 11.6 Å². The molecule has 0 aliphatic carbocycles. The SMILES string of the molecule is CCCc1cnc(-c2ccc3c(F)c(CCc4ccc(F)c(F)c4)ccc3c2)nc1. The lowest BCUT2D eigenvalue weighted by Gasteiger charge is -2.09. The first-order chi connectivity index (χ1) is 14.5. The maximum atomic E-state index is 15.0. The van der Waals surface area contributed by atoms with Gasteiger partial charge in [0.2, 0.25) is 0 Å². The van der Waals surface area contributed by atoms with Crippen molar-refractivity contribution in [3.05, 3.63) is 95.1 Å². The first-order valence-corrected chi connectivity index (χ1v) is 10.0. The molecule has 4 rings (SSSR count). The van der Waals surface area contributed by atoms with Crippen LogP contribution in [0.1, 0.15) is 30.0 Å². The van der Waals surface area contributed by atoms with Crippen molar-refractivity contribution in [1.82, 2.24) is 9.97 Å². The van der Waals surface area contributed by atoms with E-state index in [1.165, 1.54) is 6.07 Å². The van der Waals surface area contributed by atoms with Gasteiger partial charge in [-0.2, -0.15) is 0 Å². The largest absolute Gasteiger partial charge is 0.236 e. The smallest absolute Gasteiger partial charge is 0.159 e. The number of aromatic nitrogens is 2. The lowest BCUT2D eigenvalue weighted by Crippen LogP contribution is -1.98. The monoisotopic (exact) mass is 406 g/mol. The minimum Gasteiger partial charge on any atom is -0.236 e. The molecule has 0 radical (unpaired) electrons. The van der Waals surface area contributed by atoms with Crippen LogP contribution < -0.4 is 0 Å². The Morgan fingerprint density at radius 3 is 2.27 bits per heavy atom. The third kappa shape index (κ3) is 4.20. The number of fused-ring (bicyclic) bond motifs is 1. The summed E-state index contributed by atoms with van der Waals surface area (Å²) < 4.78 is 41.5. The van der Waals surface area contributed by atoms with Gasteiger partial charge in [0.15, 0.2) is 17.5 Å². The lowest BCUT2D eigenvalue weighted by atomic mass is 9.99. The first kappa shape index (κ1) is 20.1. The highest BCUT2D eigenvalue weighted by Crippen LogP contribution is 2.27. The van der Waals surface area contributed by atoms with Gasteiger partial charge < -0.3 is 0 Å². The highest BCUT2D eigenvalue weighted by atomic mass is 19.2. The van der Waals surface area contributed by atoms with Crippen molar-refractivity contribution in [3.63, 3.8) is 0 Å². The number of rotatable bonds is 6. The Bertz CT molecular complexity index is 1190. The molecule has 0 N–H and O–H groups in total. The number of aryl methyl sites for hydroxylation is 3. The topological polar surface area (TPSA) is 25.8 Å². The van der Waals surface area contributed by atoms with Gasteiger partial charge in [0, 0.05) is 23.3 Å². The average molecular weight is 406 g/mol. The lowest BCUT2D eigenvalue weighted by molar-refractivity contribution is 0.507. The zero-order chi connectivity index (χ0) is 21.1. The minimum atomic E-state index is -0.885. The number of hydrogen-bond donors (Lipinski definition) is 0. The van der Waals surface area contributed by atoms with Crippen molar-refractivity contribution in [2.75, 3.05) is 0 Å². The molecule has 0 saturated carbocycles. The van der Waals surface area contributed by atoms with E-state index in [4.69, 9.17) is 0 Å². The zero-order valence-electron chi connectivity index (χ0n) is 16.6. The second kappa shape index (κ2) is 8.66. The molecule has 30 heavy (non-hydrogen) atoms. The fourth-order valence-corrected chi connectivity index (χ4v) is 3.56. The molecule has 4 aromatic rings. The van der Waals surface area contributed by atoms with Crippen LogP contribution in [-0.2, 0) is 19.3 Å². The quantitative estimate of drug-likeness (QED) is 0.368. The van der Waals surface area contributed by atoms with Crippen molar-refractivity contribution >= 4 is 10.8 Å². The summed E-state index contributed by atoms with van der Waals surface area (Å²) in [7, 11) is 0. The Hall–Kier alpha value is -3.21. The number of nitrogens with zero attached hydrogens (tertiary/aromatic N) is 2. The molecule has 0 amide bonds. The predicted molar refractivity (Wildman–Crippen MR) is 113 cm³/mol. The van der Waals surface area contributed by atoms with Crippen LogP contribution in [0.25, 0.3) is 22.2 Å². The summed E-state index contributed by atoms with van der Waals surface area (Å²) in [5.41, 5.74) is 3.10. The van der Waals surface area contributed by atoms with Crippen LogP contribution in [0.2, 0.25) is 0 Å². The van der Waals surface area contributed by atoms with Crippen molar-refractivity contribution in [3.8, 4) is 11.4 Å². The Morgan fingerprint density at radius 2 is 1.53 bits per heavy atom. The molecule has 152 valence electrons. The van der Waals surface area contributed by atoms with E-state index >= 15 is 4.39 Å². The number of hydrogen-bond acceptors (Lipinski definition) is 2. The normalized spacial score (nSPS) is 11.2. The molecule has 0 fully saturated rings. The van der Waals surface area contributed by atoms with E-state index in [2.05, 4.69) is 16.9 Å². The molecule has 0 spiro atoms. The van der Waals surface area contributed by atoms with Crippen LogP contribution >= 0.6 is 0 Å². The van der Waals surface area contributed by atoms with Crippen molar-refractivity contribution < 1.29 is 13.2 Å². The van der Waals surface area contributed by atoms with Crippen LogP contribution in [0.5, 0.6) is 0 Å². The van der Waals surface area contributed by atoms with Gasteiger partial charge in [-0.1, -0.05) is 43.7 Å². The van der Waals surface area contributed by atoms with Crippen LogP contribution in [0.15, 0.2) is 60.9 Å². The van der Waals surface area contributed by atoms with E-state index in [1.807, 2.05) is 30.6 Å². The molecule has 3 aromatic carbocycles. The number of halogens is 3. The van der Waals surface area contributed by atoms with Gasteiger partial charge in [-0.05, 0) is 59.5 Å². The van der Waals surface area contributed by atoms with Gasteiger partial charge in [-0.25, -0.2) is 23.1 Å². The first-order valence-electron chi connectivity index (χ1n) is 10.0. The second-order valence-corrected chi connectivity index (χ2v) is 7.39. The average Bonchev–Trinajstić information content (AvgIpc) is 2.76. The molecule has 5 heteroatoms. The van der Waals surface area contributed by atoms with Crippen molar-refractivity contribution in [2.24, 2.45) is 0 Å². The molecule has 0 bridgehead atoms. The van der Waals surface area contributed by atoms with Gasteiger partial charge in [0.25, 0.3) is 0 Å². The zero-order valence-corrected chi connectivity index (χ0v) is 16.6. The summed E-state index contributed by atoms with van der Waals surface area (Å²) in [4.78, 5) is 8.86. The summed E-state index contributed by atoms with van der Waals surface area (Å²) in [6, 6.07) is 12.8. The summed E-state index contributed by atoms with van der Waals surface area (Å²) in [6.07, 6.45) is 6.47. The van der Waals surface area contributed by atoms with Gasteiger partial charge >= 0.3 is 0 Å². The fourth-order valence-electron chi connectivity index (χ4n) is 3.56. The molecule has 2 nitrogen and oxygen atoms in total. The Labute approximate surface area is 173 Å². The van der Waals surface area contributed by atoms with Crippen molar-refractivity contribution in [2.45, 2.75) is 32.6 Å². The second-order valence-electron chi connectivity index (χ2n) is 7.39. The summed E-state index contributed by atoms with van der Waals surface area (Å²) >= 11 is 0. The van der Waals surface area contributed by atoms with Crippen LogP contribution in [0.3, 0.4) is 0 Å². The van der Waals surface area contributed by atoms with E-state index in [0.29, 0.717) is 35.2 Å². The molecule has 0 aliphatic rings. The molecular weight excluding hydrogens is 385 g/mol. The third-order valence-electron chi connectivity index (χ3n) is 5.20. The van der Waals surface area contributed by atoms with Crippen LogP contribution in [0.4, 0.5) is 13.2 Å². The van der Waals surface area contributed by atoms with Gasteiger partial charge in [0.05, 0.1) is 0 Å². The maximum absolute atomic E-state index is 15.0. The molecule has 1 aromatic heterocycles. The summed E-state index contributed by atoms with van der Waals surface area (Å²) in [6.45, 7) is 2.11. The van der Waals surface area contributed by atoms with Gasteiger partial charge in [-0.3, -0.25) is 0 Å². The molecule has 0 saturated heterocycles. The molecule has 1 heterocycles. The number of benzene rings is 3. The highest BCUT2D eigenvalue weighted by molar-refractivity contribution is 5.87. The molecular formula is C25H21F3N2. The predicted octanol–water partition coefficient (Wildman–Crippen LogP) is 6.45. The summed E-state index contributed by atoms with van der Waals surface area (Å²) in [5, 5.41) is 1.28. The Morgan fingerprint density at radius 1 is 0.733 bits per heavy atom. The van der Waals surface area contributed by atoms with E-state index in [0.717, 1.165) is 41.5 Å². The Kier molecular flexibility index (Phi) is 5.79. The van der Waals surface area contributed by atoms with Gasteiger partial charge in [-0.15, -0.1) is 0 Å². The van der Waals surface area contributed by atoms with Gasteiger partial charge in [0.1, 0.15) is 5.82 Å². The Balaban J connectivity index is 1.56. The summed E-state index contributed by atoms with van der Waals surface area (Å²) in [5.74, 6) is -1.44. The third-order valence-corrected chi connectivity index (χ3v) is 5.20. The van der Waals surface area contributed by atoms with Crippen LogP contribution in [0, 0.1) is 17.5 Å². The maximum Gasteiger partial charge on any atom is 0.159 e. The highest BCUT2D eigenvalue weighted by Gasteiger charge is 2.11. The van der Waals surface area contributed by atoms with Crippen LogP contribution in [-0.4, -0.2) is 9.97 Å². The fraction of sp³-hybridized carbons (Fsp3) is 0.200.